The van der Waals surface area contributed by atoms with Crippen LogP contribution in [0.5, 0.6) is 11.5 Å². The monoisotopic (exact) mass is 451 g/mol. The molecule has 0 heterocycles. The van der Waals surface area contributed by atoms with Crippen LogP contribution in [-0.2, 0) is 11.3 Å². The standard InChI is InChI=1S/C26H33N3O4/c1-32-23-14-11-19(15-24(23)33-2)25(30)28-20-12-7-17(8-13-20)16-29(26(31)18-9-10-18)22-6-4-3-5-21(22)27/h7-8,11-15,18,21-22H,3-6,9-10,16,27H2,1-2H3,(H,28,30). The van der Waals surface area contributed by atoms with Crippen LogP contribution in [0.3, 0.4) is 0 Å². The minimum absolute atomic E-state index is 0.0431. The van der Waals surface area contributed by atoms with Crippen molar-refractivity contribution in [3.63, 3.8) is 0 Å². The number of carbonyl (C=O) groups is 2. The second-order valence-electron chi connectivity index (χ2n) is 8.98. The molecule has 0 aliphatic heterocycles. The summed E-state index contributed by atoms with van der Waals surface area (Å²) in [4.78, 5) is 27.7. The van der Waals surface area contributed by atoms with E-state index in [0.717, 1.165) is 44.1 Å². The number of benzene rings is 2. The highest BCUT2D eigenvalue weighted by molar-refractivity contribution is 6.04. The van der Waals surface area contributed by atoms with Crippen LogP contribution in [0.2, 0.25) is 0 Å². The van der Waals surface area contributed by atoms with Crippen molar-refractivity contribution in [3.8, 4) is 11.5 Å². The number of hydrogen-bond acceptors (Lipinski definition) is 5. The third-order valence-electron chi connectivity index (χ3n) is 6.60. The van der Waals surface area contributed by atoms with Gasteiger partial charge in [-0.2, -0.15) is 0 Å². The Bertz CT molecular complexity index is 988. The van der Waals surface area contributed by atoms with Crippen molar-refractivity contribution in [1.29, 1.82) is 0 Å². The molecule has 0 aromatic heterocycles. The lowest BCUT2D eigenvalue weighted by atomic mass is 9.89. The Balaban J connectivity index is 1.43. The SMILES string of the molecule is COc1ccc(C(=O)Nc2ccc(CN(C(=O)C3CC3)C3CCCCC3N)cc2)cc1OC. The second-order valence-corrected chi connectivity index (χ2v) is 8.98. The molecule has 2 saturated carbocycles. The van der Waals surface area contributed by atoms with Gasteiger partial charge in [0.15, 0.2) is 11.5 Å². The molecule has 3 N–H and O–H groups in total. The summed E-state index contributed by atoms with van der Waals surface area (Å²) >= 11 is 0. The van der Waals surface area contributed by atoms with Crippen molar-refractivity contribution < 1.29 is 19.1 Å². The van der Waals surface area contributed by atoms with Crippen molar-refractivity contribution >= 4 is 17.5 Å². The van der Waals surface area contributed by atoms with Crippen molar-refractivity contribution in [2.45, 2.75) is 57.2 Å². The molecule has 0 bridgehead atoms. The smallest absolute Gasteiger partial charge is 0.255 e. The van der Waals surface area contributed by atoms with Gasteiger partial charge in [-0.15, -0.1) is 0 Å². The molecule has 2 aliphatic carbocycles. The summed E-state index contributed by atoms with van der Waals surface area (Å²) in [5, 5.41) is 2.91. The zero-order valence-corrected chi connectivity index (χ0v) is 19.4. The number of carbonyl (C=O) groups excluding carboxylic acids is 2. The summed E-state index contributed by atoms with van der Waals surface area (Å²) in [6, 6.07) is 12.9. The van der Waals surface area contributed by atoms with Crippen LogP contribution in [0.4, 0.5) is 5.69 Å². The van der Waals surface area contributed by atoms with Crippen LogP contribution in [0.25, 0.3) is 0 Å². The van der Waals surface area contributed by atoms with Gasteiger partial charge in [0.25, 0.3) is 5.91 Å². The van der Waals surface area contributed by atoms with E-state index >= 15 is 0 Å². The van der Waals surface area contributed by atoms with Crippen LogP contribution in [0.15, 0.2) is 42.5 Å². The summed E-state index contributed by atoms with van der Waals surface area (Å²) in [6.07, 6.45) is 6.17. The molecule has 0 saturated heterocycles. The number of ether oxygens (including phenoxy) is 2. The summed E-state index contributed by atoms with van der Waals surface area (Å²) in [6.45, 7) is 0.553. The van der Waals surface area contributed by atoms with E-state index in [1.54, 1.807) is 25.3 Å². The van der Waals surface area contributed by atoms with Gasteiger partial charge in [-0.3, -0.25) is 9.59 Å². The molecule has 2 atom stereocenters. The van der Waals surface area contributed by atoms with Gasteiger partial charge in [0.2, 0.25) is 5.91 Å². The van der Waals surface area contributed by atoms with Crippen LogP contribution in [0, 0.1) is 5.92 Å². The molecule has 0 spiro atoms. The van der Waals surface area contributed by atoms with Gasteiger partial charge >= 0.3 is 0 Å². The number of hydrogen-bond donors (Lipinski definition) is 2. The number of amides is 2. The Kier molecular flexibility index (Phi) is 7.18. The molecule has 7 nitrogen and oxygen atoms in total. The number of anilines is 1. The van der Waals surface area contributed by atoms with Gasteiger partial charge in [0.1, 0.15) is 0 Å². The van der Waals surface area contributed by atoms with E-state index in [0.29, 0.717) is 29.3 Å². The number of nitrogens with one attached hydrogen (secondary N) is 1. The van der Waals surface area contributed by atoms with E-state index in [1.165, 1.54) is 7.11 Å². The van der Waals surface area contributed by atoms with Crippen molar-refractivity contribution in [2.24, 2.45) is 11.7 Å². The fourth-order valence-corrected chi connectivity index (χ4v) is 4.52. The Hall–Kier alpha value is -3.06. The lowest BCUT2D eigenvalue weighted by Gasteiger charge is -2.38. The molecular formula is C26H33N3O4. The second kappa shape index (κ2) is 10.3. The zero-order valence-electron chi connectivity index (χ0n) is 19.4. The predicted molar refractivity (Wildman–Crippen MR) is 127 cm³/mol. The van der Waals surface area contributed by atoms with Crippen LogP contribution < -0.4 is 20.5 Å². The zero-order chi connectivity index (χ0) is 23.4. The molecule has 2 aromatic carbocycles. The van der Waals surface area contributed by atoms with E-state index in [-0.39, 0.29) is 29.8 Å². The Morgan fingerprint density at radius 1 is 0.970 bits per heavy atom. The lowest BCUT2D eigenvalue weighted by molar-refractivity contribution is -0.136. The summed E-state index contributed by atoms with van der Waals surface area (Å²) in [7, 11) is 3.09. The summed E-state index contributed by atoms with van der Waals surface area (Å²) in [5.41, 5.74) is 8.60. The molecule has 2 unspecified atom stereocenters. The van der Waals surface area contributed by atoms with Gasteiger partial charge in [-0.25, -0.2) is 0 Å². The number of nitrogens with zero attached hydrogens (tertiary/aromatic N) is 1. The van der Waals surface area contributed by atoms with Crippen LogP contribution in [-0.4, -0.2) is 43.0 Å². The average Bonchev–Trinajstić information content (AvgIpc) is 3.69. The molecule has 2 fully saturated rings. The van der Waals surface area contributed by atoms with Gasteiger partial charge in [0, 0.05) is 35.8 Å². The van der Waals surface area contributed by atoms with Crippen molar-refractivity contribution in [1.82, 2.24) is 4.90 Å². The van der Waals surface area contributed by atoms with E-state index in [2.05, 4.69) is 5.32 Å². The van der Waals surface area contributed by atoms with Crippen LogP contribution in [0.1, 0.15) is 54.4 Å². The maximum atomic E-state index is 13.0. The third kappa shape index (κ3) is 5.47. The molecule has 2 amide bonds. The Morgan fingerprint density at radius 3 is 2.30 bits per heavy atom. The highest BCUT2D eigenvalue weighted by Crippen LogP contribution is 2.34. The van der Waals surface area contributed by atoms with Gasteiger partial charge in [-0.1, -0.05) is 25.0 Å². The Labute approximate surface area is 195 Å². The molecule has 0 radical (unpaired) electrons. The van der Waals surface area contributed by atoms with Crippen molar-refractivity contribution in [3.05, 3.63) is 53.6 Å². The maximum Gasteiger partial charge on any atom is 0.255 e. The molecule has 176 valence electrons. The first-order valence-electron chi connectivity index (χ1n) is 11.7. The maximum absolute atomic E-state index is 13.0. The molecule has 4 rings (SSSR count). The predicted octanol–water partition coefficient (Wildman–Crippen LogP) is 3.96. The van der Waals surface area contributed by atoms with E-state index in [4.69, 9.17) is 15.2 Å². The number of methoxy groups -OCH3 is 2. The molecule has 33 heavy (non-hydrogen) atoms. The third-order valence-corrected chi connectivity index (χ3v) is 6.60. The largest absolute Gasteiger partial charge is 0.493 e. The molecule has 2 aromatic rings. The Morgan fingerprint density at radius 2 is 1.67 bits per heavy atom. The van der Waals surface area contributed by atoms with Gasteiger partial charge in [-0.05, 0) is 61.6 Å². The summed E-state index contributed by atoms with van der Waals surface area (Å²) < 4.78 is 10.5. The van der Waals surface area contributed by atoms with E-state index < -0.39 is 0 Å². The van der Waals surface area contributed by atoms with Gasteiger partial charge < -0.3 is 25.4 Å². The highest BCUT2D eigenvalue weighted by Gasteiger charge is 2.38. The first kappa shape index (κ1) is 23.1. The quantitative estimate of drug-likeness (QED) is 0.634. The normalized spacial score (nSPS) is 20.1. The topological polar surface area (TPSA) is 93.9 Å². The van der Waals surface area contributed by atoms with E-state index in [1.807, 2.05) is 29.2 Å². The highest BCUT2D eigenvalue weighted by atomic mass is 16.5. The van der Waals surface area contributed by atoms with Crippen molar-refractivity contribution in [2.75, 3.05) is 19.5 Å². The number of rotatable bonds is 8. The fourth-order valence-electron chi connectivity index (χ4n) is 4.52. The minimum Gasteiger partial charge on any atom is -0.493 e. The first-order valence-corrected chi connectivity index (χ1v) is 11.7. The van der Waals surface area contributed by atoms with Gasteiger partial charge in [0.05, 0.1) is 14.2 Å². The summed E-state index contributed by atoms with van der Waals surface area (Å²) in [5.74, 6) is 1.24. The average molecular weight is 452 g/mol. The van der Waals surface area contributed by atoms with E-state index in [9.17, 15) is 9.59 Å². The number of nitrogens with two attached hydrogens (primary N) is 1. The molecular weight excluding hydrogens is 418 g/mol. The lowest BCUT2D eigenvalue weighted by Crippen LogP contribution is -2.52. The van der Waals surface area contributed by atoms with Crippen LogP contribution >= 0.6 is 0 Å². The minimum atomic E-state index is -0.234. The molecule has 7 heteroatoms. The first-order chi connectivity index (χ1) is 16.0. The fraction of sp³-hybridized carbons (Fsp3) is 0.462. The molecule has 2 aliphatic rings.